The lowest BCUT2D eigenvalue weighted by Gasteiger charge is -2.28. The van der Waals surface area contributed by atoms with Gasteiger partial charge in [-0.15, -0.1) is 0 Å². The molecule has 166 valence electrons. The molecule has 3 rings (SSSR count). The number of hydrazone groups is 1. The van der Waals surface area contributed by atoms with Crippen molar-refractivity contribution in [3.8, 4) is 0 Å². The third-order valence-electron chi connectivity index (χ3n) is 5.09. The maximum Gasteiger partial charge on any atom is 0.271 e. The quantitative estimate of drug-likeness (QED) is 0.498. The van der Waals surface area contributed by atoms with Gasteiger partial charge in [-0.3, -0.25) is 4.79 Å². The number of hydrogen-bond acceptors (Lipinski definition) is 6. The monoisotopic (exact) mass is 444 g/mol. The zero-order valence-corrected chi connectivity index (χ0v) is 18.6. The van der Waals surface area contributed by atoms with Crippen molar-refractivity contribution >= 4 is 27.8 Å². The van der Waals surface area contributed by atoms with Gasteiger partial charge in [0.25, 0.3) is 5.91 Å². The molecule has 0 bridgehead atoms. The van der Waals surface area contributed by atoms with Crippen LogP contribution >= 0.6 is 0 Å². The molecule has 0 unspecified atom stereocenters. The van der Waals surface area contributed by atoms with Crippen molar-refractivity contribution in [3.05, 3.63) is 59.7 Å². The first-order valence-electron chi connectivity index (χ1n) is 10.3. The molecule has 0 radical (unpaired) electrons. The predicted octanol–water partition coefficient (Wildman–Crippen LogP) is 2.32. The first-order valence-corrected chi connectivity index (χ1v) is 11.8. The van der Waals surface area contributed by atoms with Crippen LogP contribution in [-0.2, 0) is 14.8 Å². The number of anilines is 1. The Bertz CT molecular complexity index is 1010. The van der Waals surface area contributed by atoms with Gasteiger partial charge < -0.3 is 9.64 Å². The molecule has 1 amide bonds. The van der Waals surface area contributed by atoms with Crippen molar-refractivity contribution in [2.75, 3.05) is 44.3 Å². The Kier molecular flexibility index (Phi) is 7.78. The molecule has 2 aromatic carbocycles. The van der Waals surface area contributed by atoms with E-state index in [-0.39, 0.29) is 10.5 Å². The number of carbonyl (C=O) groups excluding carboxylic acids is 1. The van der Waals surface area contributed by atoms with E-state index in [1.54, 1.807) is 32.2 Å². The molecular weight excluding hydrogens is 416 g/mol. The Morgan fingerprint density at radius 3 is 2.45 bits per heavy atom. The number of amides is 1. The molecule has 0 atom stereocenters. The molecule has 2 aromatic rings. The van der Waals surface area contributed by atoms with Crippen LogP contribution < -0.4 is 10.3 Å². The van der Waals surface area contributed by atoms with Gasteiger partial charge in [0.1, 0.15) is 0 Å². The number of benzene rings is 2. The summed E-state index contributed by atoms with van der Waals surface area (Å²) in [5.41, 5.74) is 4.65. The highest BCUT2D eigenvalue weighted by molar-refractivity contribution is 7.89. The standard InChI is InChI=1S/C22H28N4O4S/c1-3-26(4-2)31(28,29)21-7-5-6-19(16-21)22(27)24-23-17-18-8-10-20(11-9-18)25-12-14-30-15-13-25/h5-11,16-17H,3-4,12-15H2,1-2H3,(H,24,27). The van der Waals surface area contributed by atoms with Crippen LogP contribution in [0.25, 0.3) is 0 Å². The van der Waals surface area contributed by atoms with Crippen LogP contribution in [0.3, 0.4) is 0 Å². The predicted molar refractivity (Wildman–Crippen MR) is 121 cm³/mol. The molecule has 31 heavy (non-hydrogen) atoms. The number of hydrogen-bond donors (Lipinski definition) is 1. The average molecular weight is 445 g/mol. The minimum Gasteiger partial charge on any atom is -0.378 e. The molecular formula is C22H28N4O4S. The summed E-state index contributed by atoms with van der Waals surface area (Å²) >= 11 is 0. The molecule has 1 N–H and O–H groups in total. The van der Waals surface area contributed by atoms with Crippen molar-refractivity contribution in [2.24, 2.45) is 5.10 Å². The Labute approximate surface area is 183 Å². The van der Waals surface area contributed by atoms with Gasteiger partial charge in [0.15, 0.2) is 0 Å². The van der Waals surface area contributed by atoms with Gasteiger partial charge in [0.05, 0.1) is 24.3 Å². The van der Waals surface area contributed by atoms with E-state index in [1.165, 1.54) is 16.4 Å². The molecule has 1 saturated heterocycles. The van der Waals surface area contributed by atoms with Gasteiger partial charge in [0.2, 0.25) is 10.0 Å². The molecule has 1 fully saturated rings. The minimum absolute atomic E-state index is 0.0894. The fourth-order valence-corrected chi connectivity index (χ4v) is 4.84. The van der Waals surface area contributed by atoms with E-state index in [9.17, 15) is 13.2 Å². The minimum atomic E-state index is -3.63. The van der Waals surface area contributed by atoms with Crippen LogP contribution in [0.2, 0.25) is 0 Å². The third kappa shape index (κ3) is 5.69. The fraction of sp³-hybridized carbons (Fsp3) is 0.364. The van der Waals surface area contributed by atoms with E-state index in [0.717, 1.165) is 37.6 Å². The normalized spacial score (nSPS) is 14.9. The summed E-state index contributed by atoms with van der Waals surface area (Å²) < 4.78 is 32.0. The van der Waals surface area contributed by atoms with Gasteiger partial charge in [-0.1, -0.05) is 32.0 Å². The van der Waals surface area contributed by atoms with Crippen LogP contribution in [0.4, 0.5) is 5.69 Å². The third-order valence-corrected chi connectivity index (χ3v) is 7.13. The number of ether oxygens (including phenoxy) is 1. The van der Waals surface area contributed by atoms with Gasteiger partial charge in [0, 0.05) is 37.4 Å². The second-order valence-corrected chi connectivity index (χ2v) is 8.95. The highest BCUT2D eigenvalue weighted by Gasteiger charge is 2.22. The largest absolute Gasteiger partial charge is 0.378 e. The van der Waals surface area contributed by atoms with Crippen molar-refractivity contribution in [3.63, 3.8) is 0 Å². The van der Waals surface area contributed by atoms with Gasteiger partial charge in [-0.2, -0.15) is 9.41 Å². The van der Waals surface area contributed by atoms with Crippen LogP contribution in [0.5, 0.6) is 0 Å². The Hall–Kier alpha value is -2.75. The average Bonchev–Trinajstić information content (AvgIpc) is 2.81. The molecule has 8 nitrogen and oxygen atoms in total. The number of morpholine rings is 1. The Morgan fingerprint density at radius 1 is 1.13 bits per heavy atom. The summed E-state index contributed by atoms with van der Waals surface area (Å²) in [4.78, 5) is 14.8. The second-order valence-electron chi connectivity index (χ2n) is 7.01. The number of sulfonamides is 1. The Morgan fingerprint density at radius 2 is 1.81 bits per heavy atom. The summed E-state index contributed by atoms with van der Waals surface area (Å²) in [6, 6.07) is 13.9. The van der Waals surface area contributed by atoms with Crippen LogP contribution in [0.15, 0.2) is 58.5 Å². The molecule has 0 aliphatic carbocycles. The SMILES string of the molecule is CCN(CC)S(=O)(=O)c1cccc(C(=O)NN=Cc2ccc(N3CCOCC3)cc2)c1. The zero-order valence-electron chi connectivity index (χ0n) is 17.8. The van der Waals surface area contributed by atoms with E-state index in [1.807, 2.05) is 24.3 Å². The number of nitrogens with one attached hydrogen (secondary N) is 1. The number of nitrogens with zero attached hydrogens (tertiary/aromatic N) is 3. The zero-order chi connectivity index (χ0) is 22.3. The van der Waals surface area contributed by atoms with Crippen molar-refractivity contribution in [1.29, 1.82) is 0 Å². The molecule has 9 heteroatoms. The molecule has 0 saturated carbocycles. The molecule has 1 heterocycles. The van der Waals surface area contributed by atoms with E-state index in [0.29, 0.717) is 13.1 Å². The summed E-state index contributed by atoms with van der Waals surface area (Å²) in [7, 11) is -3.63. The lowest BCUT2D eigenvalue weighted by Crippen LogP contribution is -2.36. The maximum absolute atomic E-state index is 12.7. The summed E-state index contributed by atoms with van der Waals surface area (Å²) in [5, 5.41) is 4.00. The van der Waals surface area contributed by atoms with Gasteiger partial charge in [-0.05, 0) is 35.9 Å². The second kappa shape index (κ2) is 10.5. The first kappa shape index (κ1) is 22.9. The smallest absolute Gasteiger partial charge is 0.271 e. The van der Waals surface area contributed by atoms with E-state index < -0.39 is 15.9 Å². The molecule has 0 spiro atoms. The topological polar surface area (TPSA) is 91.3 Å². The van der Waals surface area contributed by atoms with Crippen molar-refractivity contribution < 1.29 is 17.9 Å². The van der Waals surface area contributed by atoms with Crippen molar-refractivity contribution in [1.82, 2.24) is 9.73 Å². The summed E-state index contributed by atoms with van der Waals surface area (Å²) in [6.07, 6.45) is 1.55. The number of carbonyl (C=O) groups is 1. The number of rotatable bonds is 8. The maximum atomic E-state index is 12.7. The van der Waals surface area contributed by atoms with Crippen LogP contribution in [-0.4, -0.2) is 64.2 Å². The van der Waals surface area contributed by atoms with Crippen molar-refractivity contribution in [2.45, 2.75) is 18.7 Å². The van der Waals surface area contributed by atoms with Crippen LogP contribution in [0, 0.1) is 0 Å². The van der Waals surface area contributed by atoms with E-state index in [4.69, 9.17) is 4.74 Å². The van der Waals surface area contributed by atoms with Gasteiger partial charge in [-0.25, -0.2) is 13.8 Å². The highest BCUT2D eigenvalue weighted by atomic mass is 32.2. The molecule has 1 aliphatic rings. The molecule has 0 aromatic heterocycles. The lowest BCUT2D eigenvalue weighted by molar-refractivity contribution is 0.0955. The lowest BCUT2D eigenvalue weighted by atomic mass is 10.2. The van der Waals surface area contributed by atoms with Crippen LogP contribution in [0.1, 0.15) is 29.8 Å². The molecule has 1 aliphatic heterocycles. The summed E-state index contributed by atoms with van der Waals surface area (Å²) in [6.45, 7) is 7.48. The Balaban J connectivity index is 1.63. The first-order chi connectivity index (χ1) is 15.0. The van der Waals surface area contributed by atoms with Gasteiger partial charge >= 0.3 is 0 Å². The van der Waals surface area contributed by atoms with E-state index >= 15 is 0 Å². The summed E-state index contributed by atoms with van der Waals surface area (Å²) in [5.74, 6) is -0.474. The highest BCUT2D eigenvalue weighted by Crippen LogP contribution is 2.17. The van der Waals surface area contributed by atoms with E-state index in [2.05, 4.69) is 15.4 Å². The fourth-order valence-electron chi connectivity index (χ4n) is 3.33.